The van der Waals surface area contributed by atoms with E-state index in [1.54, 1.807) is 24.3 Å². The summed E-state index contributed by atoms with van der Waals surface area (Å²) in [5, 5.41) is 22.7. The lowest BCUT2D eigenvalue weighted by Crippen LogP contribution is -2.13. The van der Waals surface area contributed by atoms with Crippen LogP contribution in [0.1, 0.15) is 10.4 Å². The molecule has 0 saturated carbocycles. The molecule has 0 aliphatic carbocycles. The average Bonchev–Trinajstić information content (AvgIpc) is 3.03. The van der Waals surface area contributed by atoms with Gasteiger partial charge in [0, 0.05) is 11.6 Å². The monoisotopic (exact) mass is 360 g/mol. The lowest BCUT2D eigenvalue weighted by atomic mass is 10.1. The summed E-state index contributed by atoms with van der Waals surface area (Å²) in [6, 6.07) is 12.8. The quantitative estimate of drug-likeness (QED) is 0.559. The molecular formula is C15H9ClN4O3S. The van der Waals surface area contributed by atoms with Gasteiger partial charge in [0.1, 0.15) is 5.56 Å². The van der Waals surface area contributed by atoms with Gasteiger partial charge in [0.25, 0.3) is 11.6 Å². The number of anilines is 1. The Morgan fingerprint density at radius 1 is 1.12 bits per heavy atom. The third kappa shape index (κ3) is 3.24. The van der Waals surface area contributed by atoms with Gasteiger partial charge in [-0.15, -0.1) is 10.2 Å². The van der Waals surface area contributed by atoms with Crippen LogP contribution < -0.4 is 5.32 Å². The lowest BCUT2D eigenvalue weighted by molar-refractivity contribution is -0.385. The third-order valence-corrected chi connectivity index (χ3v) is 4.30. The zero-order valence-corrected chi connectivity index (χ0v) is 13.5. The van der Waals surface area contributed by atoms with Gasteiger partial charge in [-0.2, -0.15) is 0 Å². The van der Waals surface area contributed by atoms with Crippen LogP contribution in [0, 0.1) is 10.1 Å². The van der Waals surface area contributed by atoms with E-state index in [1.807, 2.05) is 6.07 Å². The van der Waals surface area contributed by atoms with Crippen LogP contribution in [0.25, 0.3) is 10.6 Å². The number of carbonyl (C=O) groups is 1. The second-order valence-corrected chi connectivity index (χ2v) is 6.01. The smallest absolute Gasteiger partial charge is 0.282 e. The molecule has 1 amide bonds. The van der Waals surface area contributed by atoms with E-state index in [1.165, 1.54) is 18.2 Å². The van der Waals surface area contributed by atoms with Gasteiger partial charge in [-0.1, -0.05) is 53.3 Å². The first-order chi connectivity index (χ1) is 11.6. The highest BCUT2D eigenvalue weighted by Gasteiger charge is 2.20. The molecule has 0 bridgehead atoms. The van der Waals surface area contributed by atoms with Crippen molar-refractivity contribution in [3.8, 4) is 10.6 Å². The number of hydrogen-bond donors (Lipinski definition) is 1. The number of para-hydroxylation sites is 1. The number of hydrogen-bond acceptors (Lipinski definition) is 6. The van der Waals surface area contributed by atoms with E-state index in [0.717, 1.165) is 11.3 Å². The van der Waals surface area contributed by atoms with E-state index in [2.05, 4.69) is 15.5 Å². The lowest BCUT2D eigenvalue weighted by Gasteiger charge is -2.02. The van der Waals surface area contributed by atoms with Crippen LogP contribution in [0.3, 0.4) is 0 Å². The third-order valence-electron chi connectivity index (χ3n) is 3.10. The molecule has 0 atom stereocenters. The first kappa shape index (κ1) is 16.0. The van der Waals surface area contributed by atoms with Crippen molar-refractivity contribution >= 4 is 39.7 Å². The van der Waals surface area contributed by atoms with E-state index in [4.69, 9.17) is 11.6 Å². The Balaban J connectivity index is 1.84. The molecule has 0 fully saturated rings. The standard InChI is InChI=1S/C15H9ClN4O3S/c16-11-7-3-1-5-9(11)14-18-19-15(24-14)17-13(21)10-6-2-4-8-12(10)20(22)23/h1-8H,(H,17,19,21). The number of rotatable bonds is 4. The molecule has 2 aromatic carbocycles. The fourth-order valence-electron chi connectivity index (χ4n) is 2.01. The molecule has 3 rings (SSSR count). The Hall–Kier alpha value is -2.84. The molecule has 1 heterocycles. The Morgan fingerprint density at radius 3 is 2.58 bits per heavy atom. The predicted octanol–water partition coefficient (Wildman–Crippen LogP) is 4.02. The van der Waals surface area contributed by atoms with Gasteiger partial charge in [-0.3, -0.25) is 20.2 Å². The van der Waals surface area contributed by atoms with Gasteiger partial charge in [-0.25, -0.2) is 0 Å². The largest absolute Gasteiger partial charge is 0.296 e. The maximum Gasteiger partial charge on any atom is 0.282 e. The molecule has 9 heteroatoms. The second kappa shape index (κ2) is 6.73. The maximum atomic E-state index is 12.2. The van der Waals surface area contributed by atoms with E-state index in [0.29, 0.717) is 15.6 Å². The first-order valence-electron chi connectivity index (χ1n) is 6.69. The highest BCUT2D eigenvalue weighted by molar-refractivity contribution is 7.18. The van der Waals surface area contributed by atoms with Gasteiger partial charge in [0.2, 0.25) is 5.13 Å². The van der Waals surface area contributed by atoms with Crippen molar-refractivity contribution in [1.29, 1.82) is 0 Å². The summed E-state index contributed by atoms with van der Waals surface area (Å²) in [4.78, 5) is 22.6. The van der Waals surface area contributed by atoms with Crippen LogP contribution in [-0.2, 0) is 0 Å². The predicted molar refractivity (Wildman–Crippen MR) is 91.4 cm³/mol. The number of benzene rings is 2. The number of nitrogens with zero attached hydrogens (tertiary/aromatic N) is 3. The van der Waals surface area contributed by atoms with E-state index in [9.17, 15) is 14.9 Å². The molecular weight excluding hydrogens is 352 g/mol. The Morgan fingerprint density at radius 2 is 1.83 bits per heavy atom. The van der Waals surface area contributed by atoms with Gasteiger partial charge in [0.15, 0.2) is 5.01 Å². The highest BCUT2D eigenvalue weighted by atomic mass is 35.5. The molecule has 24 heavy (non-hydrogen) atoms. The van der Waals surface area contributed by atoms with Crippen molar-refractivity contribution in [2.75, 3.05) is 5.32 Å². The minimum absolute atomic E-state index is 0.0445. The van der Waals surface area contributed by atoms with Crippen molar-refractivity contribution in [1.82, 2.24) is 10.2 Å². The number of nitro benzene ring substituents is 1. The van der Waals surface area contributed by atoms with Crippen LogP contribution in [0.15, 0.2) is 48.5 Å². The summed E-state index contributed by atoms with van der Waals surface area (Å²) in [6.45, 7) is 0. The number of nitro groups is 1. The van der Waals surface area contributed by atoms with Crippen molar-refractivity contribution in [2.45, 2.75) is 0 Å². The summed E-state index contributed by atoms with van der Waals surface area (Å²) in [7, 11) is 0. The normalized spacial score (nSPS) is 10.4. The van der Waals surface area contributed by atoms with Crippen molar-refractivity contribution < 1.29 is 9.72 Å². The van der Waals surface area contributed by atoms with Crippen molar-refractivity contribution in [3.05, 3.63) is 69.2 Å². The van der Waals surface area contributed by atoms with Gasteiger partial charge in [0.05, 0.1) is 9.95 Å². The fourth-order valence-corrected chi connectivity index (χ4v) is 3.07. The molecule has 0 spiro atoms. The molecule has 0 aliphatic heterocycles. The zero-order chi connectivity index (χ0) is 17.1. The highest BCUT2D eigenvalue weighted by Crippen LogP contribution is 2.32. The number of carbonyl (C=O) groups excluding carboxylic acids is 1. The fraction of sp³-hybridized carbons (Fsp3) is 0. The second-order valence-electron chi connectivity index (χ2n) is 4.62. The number of halogens is 1. The zero-order valence-electron chi connectivity index (χ0n) is 12.0. The molecule has 0 aliphatic rings. The summed E-state index contributed by atoms with van der Waals surface area (Å²) < 4.78 is 0. The minimum Gasteiger partial charge on any atom is -0.296 e. The molecule has 7 nitrogen and oxygen atoms in total. The molecule has 120 valence electrons. The summed E-state index contributed by atoms with van der Waals surface area (Å²) >= 11 is 7.23. The molecule has 3 aromatic rings. The summed E-state index contributed by atoms with van der Waals surface area (Å²) in [6.07, 6.45) is 0. The van der Waals surface area contributed by atoms with Crippen LogP contribution in [0.5, 0.6) is 0 Å². The Labute approximate surface area is 145 Å². The molecule has 0 unspecified atom stereocenters. The molecule has 0 radical (unpaired) electrons. The van der Waals surface area contributed by atoms with Gasteiger partial charge < -0.3 is 0 Å². The van der Waals surface area contributed by atoms with Crippen LogP contribution in [-0.4, -0.2) is 21.0 Å². The minimum atomic E-state index is -0.621. The summed E-state index contributed by atoms with van der Waals surface area (Å²) in [5.41, 5.74) is 0.380. The molecule has 1 N–H and O–H groups in total. The summed E-state index contributed by atoms with van der Waals surface area (Å²) in [5.74, 6) is -0.621. The van der Waals surface area contributed by atoms with Crippen LogP contribution >= 0.6 is 22.9 Å². The van der Waals surface area contributed by atoms with Crippen molar-refractivity contribution in [2.24, 2.45) is 0 Å². The number of nitrogens with one attached hydrogen (secondary N) is 1. The first-order valence-corrected chi connectivity index (χ1v) is 7.89. The SMILES string of the molecule is O=C(Nc1nnc(-c2ccccc2Cl)s1)c1ccccc1[N+](=O)[O-]. The Kier molecular flexibility index (Phi) is 4.50. The van der Waals surface area contributed by atoms with Crippen molar-refractivity contribution in [3.63, 3.8) is 0 Å². The number of amides is 1. The molecule has 1 aromatic heterocycles. The topological polar surface area (TPSA) is 98.0 Å². The van der Waals surface area contributed by atoms with Gasteiger partial charge >= 0.3 is 0 Å². The average molecular weight is 361 g/mol. The van der Waals surface area contributed by atoms with E-state index < -0.39 is 10.8 Å². The maximum absolute atomic E-state index is 12.2. The van der Waals surface area contributed by atoms with Crippen LogP contribution in [0.4, 0.5) is 10.8 Å². The molecule has 0 saturated heterocycles. The Bertz CT molecular complexity index is 928. The van der Waals surface area contributed by atoms with Crippen LogP contribution in [0.2, 0.25) is 5.02 Å². The van der Waals surface area contributed by atoms with Gasteiger partial charge in [-0.05, 0) is 12.1 Å². The van der Waals surface area contributed by atoms with E-state index in [-0.39, 0.29) is 16.4 Å². The number of aromatic nitrogens is 2. The van der Waals surface area contributed by atoms with E-state index >= 15 is 0 Å².